The molecule has 0 aliphatic carbocycles. The van der Waals surface area contributed by atoms with Crippen LogP contribution in [0, 0.1) is 5.92 Å². The van der Waals surface area contributed by atoms with Crippen molar-refractivity contribution >= 4 is 29.8 Å². The first-order valence-electron chi connectivity index (χ1n) is 23.9. The van der Waals surface area contributed by atoms with Gasteiger partial charge in [0, 0.05) is 45.2 Å². The van der Waals surface area contributed by atoms with E-state index in [1.165, 1.54) is 51.4 Å². The summed E-state index contributed by atoms with van der Waals surface area (Å²) in [5.41, 5.74) is 0. The van der Waals surface area contributed by atoms with Crippen LogP contribution in [0.1, 0.15) is 207 Å². The summed E-state index contributed by atoms with van der Waals surface area (Å²) in [4.78, 5) is 64.7. The molecule has 0 aromatic heterocycles. The number of esters is 5. The van der Waals surface area contributed by atoms with Crippen molar-refractivity contribution in [1.82, 2.24) is 4.90 Å². The molecule has 0 bridgehead atoms. The van der Waals surface area contributed by atoms with Crippen LogP contribution in [0.5, 0.6) is 0 Å². The summed E-state index contributed by atoms with van der Waals surface area (Å²) in [6.07, 6.45) is 22.8. The fourth-order valence-corrected chi connectivity index (χ4v) is 7.06. The van der Waals surface area contributed by atoms with Crippen molar-refractivity contribution in [3.63, 3.8) is 0 Å². The highest BCUT2D eigenvalue weighted by molar-refractivity contribution is 5.71. The summed E-state index contributed by atoms with van der Waals surface area (Å²) in [6.45, 7) is 10.6. The predicted octanol–water partition coefficient (Wildman–Crippen LogP) is 9.73. The van der Waals surface area contributed by atoms with Crippen LogP contribution in [0.3, 0.4) is 0 Å². The average molecular weight is 840 g/mol. The number of aliphatic hydroxyl groups is 1. The van der Waals surface area contributed by atoms with Crippen molar-refractivity contribution < 1.29 is 52.8 Å². The van der Waals surface area contributed by atoms with Crippen molar-refractivity contribution in [3.8, 4) is 0 Å². The maximum atomic E-state index is 12.6. The lowest BCUT2D eigenvalue weighted by atomic mass is 10.1. The van der Waals surface area contributed by atoms with Crippen LogP contribution < -0.4 is 0 Å². The van der Waals surface area contributed by atoms with Crippen molar-refractivity contribution in [2.45, 2.75) is 226 Å². The van der Waals surface area contributed by atoms with Crippen LogP contribution >= 0.6 is 0 Å². The van der Waals surface area contributed by atoms with Gasteiger partial charge in [-0.15, -0.1) is 0 Å². The number of hydrogen-bond donors (Lipinski definition) is 1. The molecule has 12 nitrogen and oxygen atoms in total. The van der Waals surface area contributed by atoms with Crippen molar-refractivity contribution in [2.75, 3.05) is 39.5 Å². The average Bonchev–Trinajstić information content (AvgIpc) is 3.21. The molecule has 1 fully saturated rings. The van der Waals surface area contributed by atoms with Gasteiger partial charge in [0.15, 0.2) is 0 Å². The molecule has 1 rings (SSSR count). The third-order valence-corrected chi connectivity index (χ3v) is 11.0. The number of rotatable bonds is 40. The molecule has 1 aliphatic rings. The summed E-state index contributed by atoms with van der Waals surface area (Å²) < 4.78 is 27.8. The molecule has 1 saturated heterocycles. The SMILES string of the molecule is CCCCCCCCC(CC)OC(=O)CCCCC(=O)OCC(COC(=O)CCCCCN1CC(O)C1)COC(=O)CCCCC(=O)OC(CC)CCCCCCCC. The third kappa shape index (κ3) is 31.8. The van der Waals surface area contributed by atoms with Gasteiger partial charge in [-0.05, 0) is 83.6 Å². The number of aliphatic hydroxyl groups excluding tert-OH is 1. The van der Waals surface area contributed by atoms with Gasteiger partial charge in [0.05, 0.1) is 12.0 Å². The first-order chi connectivity index (χ1) is 28.6. The smallest absolute Gasteiger partial charge is 0.306 e. The number of carbonyl (C=O) groups is 5. The second kappa shape index (κ2) is 37.1. The summed E-state index contributed by atoms with van der Waals surface area (Å²) in [6, 6.07) is 0. The molecule has 1 aliphatic heterocycles. The monoisotopic (exact) mass is 840 g/mol. The van der Waals surface area contributed by atoms with Gasteiger partial charge in [0.25, 0.3) is 0 Å². The maximum Gasteiger partial charge on any atom is 0.306 e. The molecule has 0 radical (unpaired) electrons. The molecule has 0 aromatic carbocycles. The lowest BCUT2D eigenvalue weighted by Crippen LogP contribution is -2.50. The van der Waals surface area contributed by atoms with E-state index in [4.69, 9.17) is 23.7 Å². The fourth-order valence-electron chi connectivity index (χ4n) is 7.06. The molecule has 0 amide bonds. The van der Waals surface area contributed by atoms with Crippen LogP contribution in [-0.4, -0.2) is 97.6 Å². The Bertz CT molecular complexity index is 1030. The molecule has 2 unspecified atom stereocenters. The van der Waals surface area contributed by atoms with Crippen LogP contribution in [0.25, 0.3) is 0 Å². The third-order valence-electron chi connectivity index (χ3n) is 11.0. The predicted molar refractivity (Wildman–Crippen MR) is 231 cm³/mol. The fraction of sp³-hybridized carbons (Fsp3) is 0.894. The maximum absolute atomic E-state index is 12.6. The van der Waals surface area contributed by atoms with E-state index in [0.29, 0.717) is 45.2 Å². The molecule has 2 atom stereocenters. The van der Waals surface area contributed by atoms with E-state index in [9.17, 15) is 29.1 Å². The van der Waals surface area contributed by atoms with Crippen molar-refractivity contribution in [1.29, 1.82) is 0 Å². The van der Waals surface area contributed by atoms with Gasteiger partial charge in [-0.3, -0.25) is 28.9 Å². The Kier molecular flexibility index (Phi) is 34.1. The minimum atomic E-state index is -0.537. The minimum absolute atomic E-state index is 0.0581. The van der Waals surface area contributed by atoms with E-state index in [0.717, 1.165) is 70.8 Å². The van der Waals surface area contributed by atoms with Gasteiger partial charge < -0.3 is 28.8 Å². The van der Waals surface area contributed by atoms with Gasteiger partial charge in [-0.2, -0.15) is 0 Å². The number of carbonyl (C=O) groups excluding carboxylic acids is 5. The molecular formula is C47H85NO11. The number of likely N-dealkylation sites (tertiary alicyclic amines) is 1. The molecule has 1 heterocycles. The largest absolute Gasteiger partial charge is 0.465 e. The van der Waals surface area contributed by atoms with Crippen LogP contribution in [0.15, 0.2) is 0 Å². The molecule has 59 heavy (non-hydrogen) atoms. The second-order valence-corrected chi connectivity index (χ2v) is 16.7. The molecule has 0 saturated carbocycles. The highest BCUT2D eigenvalue weighted by Crippen LogP contribution is 2.17. The molecular weight excluding hydrogens is 755 g/mol. The Hall–Kier alpha value is -2.73. The Balaban J connectivity index is 2.43. The standard InChI is InChI=1S/C47H85NO11/c1-5-9-11-13-15-18-26-41(7-3)58-46(53)31-23-21-29-44(51)56-37-39(36-55-43(50)28-20-17-25-33-48-34-40(49)35-48)38-57-45(52)30-22-24-32-47(54)59-42(8-4)27-19-16-14-12-10-6-2/h39-42,49H,5-38H2,1-4H3. The Morgan fingerprint density at radius 2 is 0.814 bits per heavy atom. The van der Waals surface area contributed by atoms with E-state index in [1.807, 2.05) is 13.8 Å². The van der Waals surface area contributed by atoms with Gasteiger partial charge >= 0.3 is 29.8 Å². The first kappa shape index (κ1) is 54.3. The summed E-state index contributed by atoms with van der Waals surface area (Å²) in [5, 5.41) is 9.42. The van der Waals surface area contributed by atoms with E-state index in [-0.39, 0.29) is 88.1 Å². The first-order valence-corrected chi connectivity index (χ1v) is 23.9. The molecule has 0 spiro atoms. The van der Waals surface area contributed by atoms with Gasteiger partial charge in [-0.25, -0.2) is 0 Å². The Morgan fingerprint density at radius 3 is 1.19 bits per heavy atom. The quantitative estimate of drug-likeness (QED) is 0.0355. The van der Waals surface area contributed by atoms with Crippen LogP contribution in [0.2, 0.25) is 0 Å². The normalized spacial score (nSPS) is 14.5. The van der Waals surface area contributed by atoms with Gasteiger partial charge in [-0.1, -0.05) is 98.3 Å². The molecule has 344 valence electrons. The minimum Gasteiger partial charge on any atom is -0.465 e. The molecule has 12 heteroatoms. The number of β-amino-alcohol motifs (C(OH)–C–C–N with tert-alkyl or cyclic N) is 1. The Morgan fingerprint density at radius 1 is 0.475 bits per heavy atom. The zero-order valence-electron chi connectivity index (χ0n) is 37.8. The van der Waals surface area contributed by atoms with E-state index in [1.54, 1.807) is 0 Å². The highest BCUT2D eigenvalue weighted by Gasteiger charge is 2.23. The zero-order chi connectivity index (χ0) is 43.4. The number of nitrogens with zero attached hydrogens (tertiary/aromatic N) is 1. The lowest BCUT2D eigenvalue weighted by Gasteiger charge is -2.35. The summed E-state index contributed by atoms with van der Waals surface area (Å²) in [5.74, 6) is -2.24. The summed E-state index contributed by atoms with van der Waals surface area (Å²) >= 11 is 0. The van der Waals surface area contributed by atoms with E-state index >= 15 is 0 Å². The number of hydrogen-bond acceptors (Lipinski definition) is 12. The lowest BCUT2D eigenvalue weighted by molar-refractivity contribution is -0.155. The topological polar surface area (TPSA) is 155 Å². The van der Waals surface area contributed by atoms with Crippen molar-refractivity contribution in [2.24, 2.45) is 5.92 Å². The zero-order valence-corrected chi connectivity index (χ0v) is 37.8. The number of ether oxygens (including phenoxy) is 5. The van der Waals surface area contributed by atoms with E-state index in [2.05, 4.69) is 18.7 Å². The highest BCUT2D eigenvalue weighted by atomic mass is 16.6. The Labute approximate surface area is 357 Å². The van der Waals surface area contributed by atoms with Crippen molar-refractivity contribution in [3.05, 3.63) is 0 Å². The second-order valence-electron chi connectivity index (χ2n) is 16.7. The molecule has 1 N–H and O–H groups in total. The summed E-state index contributed by atoms with van der Waals surface area (Å²) in [7, 11) is 0. The number of unbranched alkanes of at least 4 members (excludes halogenated alkanes) is 14. The van der Waals surface area contributed by atoms with Gasteiger partial charge in [0.1, 0.15) is 32.0 Å². The van der Waals surface area contributed by atoms with Crippen LogP contribution in [-0.2, 0) is 47.7 Å². The van der Waals surface area contributed by atoms with Gasteiger partial charge in [0.2, 0.25) is 0 Å². The van der Waals surface area contributed by atoms with E-state index < -0.39 is 17.9 Å². The van der Waals surface area contributed by atoms with Crippen LogP contribution in [0.4, 0.5) is 0 Å². The molecule has 0 aromatic rings.